The van der Waals surface area contributed by atoms with Gasteiger partial charge in [0.2, 0.25) is 0 Å². The standard InChI is InChI=1S/C15H19F4NO4S/c1-14(2,3)24-13(21)20(9-11-7-5-4-6-8-11)12(15(16,17)18)10-25(19,22)23/h4-8,12H,9-10H2,1-3H3. The number of hydrogen-bond acceptors (Lipinski definition) is 4. The number of carbonyl (C=O) groups excluding carboxylic acids is 1. The number of amides is 1. The molecule has 1 atom stereocenters. The van der Waals surface area contributed by atoms with Crippen LogP contribution in [-0.2, 0) is 21.5 Å². The highest BCUT2D eigenvalue weighted by Gasteiger charge is 2.49. The minimum absolute atomic E-state index is 0.178. The van der Waals surface area contributed by atoms with Gasteiger partial charge in [0, 0.05) is 6.54 Å². The third kappa shape index (κ3) is 7.72. The SMILES string of the molecule is CC(C)(C)OC(=O)N(Cc1ccccc1)C(CS(=O)(=O)F)C(F)(F)F. The van der Waals surface area contributed by atoms with E-state index in [2.05, 4.69) is 0 Å². The normalized spacial score (nSPS) is 14.0. The average molecular weight is 385 g/mol. The molecule has 25 heavy (non-hydrogen) atoms. The Labute approximate surface area is 143 Å². The maximum atomic E-state index is 13.3. The lowest BCUT2D eigenvalue weighted by atomic mass is 10.1. The molecule has 0 N–H and O–H groups in total. The maximum Gasteiger partial charge on any atom is 0.411 e. The van der Waals surface area contributed by atoms with Crippen LogP contribution >= 0.6 is 0 Å². The van der Waals surface area contributed by atoms with Crippen molar-refractivity contribution >= 4 is 16.3 Å². The Morgan fingerprint density at radius 3 is 2.08 bits per heavy atom. The first kappa shape index (κ1) is 21.2. The number of nitrogens with zero attached hydrogens (tertiary/aromatic N) is 1. The van der Waals surface area contributed by atoms with Gasteiger partial charge in [-0.05, 0) is 26.3 Å². The topological polar surface area (TPSA) is 63.7 Å². The highest BCUT2D eigenvalue weighted by molar-refractivity contribution is 7.86. The number of alkyl halides is 3. The fourth-order valence-electron chi connectivity index (χ4n) is 1.95. The van der Waals surface area contributed by atoms with Crippen LogP contribution in [0.15, 0.2) is 30.3 Å². The van der Waals surface area contributed by atoms with Crippen LogP contribution in [0.2, 0.25) is 0 Å². The summed E-state index contributed by atoms with van der Waals surface area (Å²) in [7, 11) is -5.49. The zero-order chi connectivity index (χ0) is 19.5. The van der Waals surface area contributed by atoms with Gasteiger partial charge in [0.05, 0.1) is 0 Å². The molecule has 1 amide bonds. The van der Waals surface area contributed by atoms with E-state index in [1.165, 1.54) is 45.0 Å². The molecule has 142 valence electrons. The van der Waals surface area contributed by atoms with Crippen molar-refractivity contribution in [3.05, 3.63) is 35.9 Å². The number of benzene rings is 1. The van der Waals surface area contributed by atoms with Crippen LogP contribution in [0.3, 0.4) is 0 Å². The molecule has 0 aliphatic heterocycles. The molecule has 10 heteroatoms. The highest BCUT2D eigenvalue weighted by Crippen LogP contribution is 2.29. The molecule has 0 bridgehead atoms. The third-order valence-corrected chi connectivity index (χ3v) is 3.65. The van der Waals surface area contributed by atoms with Gasteiger partial charge in [-0.15, -0.1) is 3.89 Å². The molecule has 0 aromatic heterocycles. The average Bonchev–Trinajstić information content (AvgIpc) is 2.39. The number of halogens is 4. The molecular weight excluding hydrogens is 366 g/mol. The van der Waals surface area contributed by atoms with Crippen molar-refractivity contribution in [3.8, 4) is 0 Å². The van der Waals surface area contributed by atoms with Crippen molar-refractivity contribution in [2.45, 2.75) is 45.1 Å². The summed E-state index contributed by atoms with van der Waals surface area (Å²) >= 11 is 0. The van der Waals surface area contributed by atoms with E-state index >= 15 is 0 Å². The summed E-state index contributed by atoms with van der Waals surface area (Å²) in [4.78, 5) is 12.4. The fraction of sp³-hybridized carbons (Fsp3) is 0.533. The molecule has 0 radical (unpaired) electrons. The molecule has 0 aliphatic rings. The van der Waals surface area contributed by atoms with E-state index in [1.54, 1.807) is 6.07 Å². The molecule has 0 saturated carbocycles. The zero-order valence-corrected chi connectivity index (χ0v) is 14.7. The van der Waals surface area contributed by atoms with Gasteiger partial charge in [0.15, 0.2) is 0 Å². The van der Waals surface area contributed by atoms with Crippen LogP contribution in [0.5, 0.6) is 0 Å². The summed E-state index contributed by atoms with van der Waals surface area (Å²) < 4.78 is 79.5. The van der Waals surface area contributed by atoms with E-state index in [9.17, 15) is 30.3 Å². The molecule has 0 heterocycles. The molecule has 1 aromatic rings. The molecule has 1 rings (SSSR count). The van der Waals surface area contributed by atoms with Crippen molar-refractivity contribution in [2.24, 2.45) is 0 Å². The van der Waals surface area contributed by atoms with E-state index in [0.29, 0.717) is 5.56 Å². The second-order valence-electron chi connectivity index (χ2n) is 6.36. The highest BCUT2D eigenvalue weighted by atomic mass is 32.3. The Kier molecular flexibility index (Phi) is 6.44. The number of ether oxygens (including phenoxy) is 1. The van der Waals surface area contributed by atoms with Crippen molar-refractivity contribution in [1.29, 1.82) is 0 Å². The van der Waals surface area contributed by atoms with Crippen molar-refractivity contribution in [2.75, 3.05) is 5.75 Å². The smallest absolute Gasteiger partial charge is 0.411 e. The summed E-state index contributed by atoms with van der Waals surface area (Å²) in [5.74, 6) is -1.90. The quantitative estimate of drug-likeness (QED) is 0.573. The van der Waals surface area contributed by atoms with Gasteiger partial charge >= 0.3 is 22.5 Å². The Morgan fingerprint density at radius 2 is 1.68 bits per heavy atom. The Hall–Kier alpha value is -1.84. The summed E-state index contributed by atoms with van der Waals surface area (Å²) in [6, 6.07) is 4.73. The Bertz CT molecular complexity index is 684. The van der Waals surface area contributed by atoms with Crippen LogP contribution < -0.4 is 0 Å². The van der Waals surface area contributed by atoms with Gasteiger partial charge in [-0.3, -0.25) is 4.90 Å². The predicted molar refractivity (Wildman–Crippen MR) is 83.0 cm³/mol. The van der Waals surface area contributed by atoms with Crippen molar-refractivity contribution in [1.82, 2.24) is 4.90 Å². The molecule has 5 nitrogen and oxygen atoms in total. The zero-order valence-electron chi connectivity index (χ0n) is 13.9. The summed E-state index contributed by atoms with van der Waals surface area (Å²) in [5, 5.41) is 0. The van der Waals surface area contributed by atoms with Crippen LogP contribution in [0.25, 0.3) is 0 Å². The first-order valence-electron chi connectivity index (χ1n) is 7.21. The van der Waals surface area contributed by atoms with Crippen molar-refractivity contribution in [3.63, 3.8) is 0 Å². The molecule has 0 spiro atoms. The Balaban J connectivity index is 3.27. The van der Waals surface area contributed by atoms with Gasteiger partial charge in [0.1, 0.15) is 17.4 Å². The largest absolute Gasteiger partial charge is 0.444 e. The molecule has 0 fully saturated rings. The van der Waals surface area contributed by atoms with Gasteiger partial charge < -0.3 is 4.74 Å². The molecule has 0 saturated heterocycles. The van der Waals surface area contributed by atoms with Gasteiger partial charge in [-0.1, -0.05) is 30.3 Å². The fourth-order valence-corrected chi connectivity index (χ4v) is 2.70. The monoisotopic (exact) mass is 385 g/mol. The van der Waals surface area contributed by atoms with Gasteiger partial charge in [0.25, 0.3) is 0 Å². The van der Waals surface area contributed by atoms with Crippen LogP contribution in [-0.4, -0.2) is 43.0 Å². The number of hydrogen-bond donors (Lipinski definition) is 0. The minimum atomic E-state index is -5.49. The lowest BCUT2D eigenvalue weighted by molar-refractivity contribution is -0.176. The maximum absolute atomic E-state index is 13.3. The first-order chi connectivity index (χ1) is 11.2. The minimum Gasteiger partial charge on any atom is -0.444 e. The second-order valence-corrected chi connectivity index (χ2v) is 7.77. The number of rotatable bonds is 5. The first-order valence-corrected chi connectivity index (χ1v) is 8.77. The van der Waals surface area contributed by atoms with Gasteiger partial charge in [-0.2, -0.15) is 21.6 Å². The van der Waals surface area contributed by atoms with Crippen LogP contribution in [0, 0.1) is 0 Å². The second kappa shape index (κ2) is 7.59. The van der Waals surface area contributed by atoms with E-state index < -0.39 is 46.4 Å². The predicted octanol–water partition coefficient (Wildman–Crippen LogP) is 3.65. The summed E-state index contributed by atoms with van der Waals surface area (Å²) in [5.41, 5.74) is -0.810. The van der Waals surface area contributed by atoms with E-state index in [1.807, 2.05) is 0 Å². The number of carbonyl (C=O) groups is 1. The molecule has 0 aliphatic carbocycles. The van der Waals surface area contributed by atoms with Crippen LogP contribution in [0.1, 0.15) is 26.3 Å². The molecular formula is C15H19F4NO4S. The van der Waals surface area contributed by atoms with Crippen molar-refractivity contribution < 1.29 is 35.0 Å². The van der Waals surface area contributed by atoms with E-state index in [0.717, 1.165) is 0 Å². The van der Waals surface area contributed by atoms with Gasteiger partial charge in [-0.25, -0.2) is 4.79 Å². The molecule has 1 unspecified atom stereocenters. The van der Waals surface area contributed by atoms with Crippen LogP contribution in [0.4, 0.5) is 21.9 Å². The Morgan fingerprint density at radius 1 is 1.16 bits per heavy atom. The summed E-state index contributed by atoms with van der Waals surface area (Å²) in [6.07, 6.45) is -6.55. The lowest BCUT2D eigenvalue weighted by Crippen LogP contribution is -2.52. The third-order valence-electron chi connectivity index (χ3n) is 2.93. The lowest BCUT2D eigenvalue weighted by Gasteiger charge is -2.34. The van der Waals surface area contributed by atoms with E-state index in [4.69, 9.17) is 4.74 Å². The summed E-state index contributed by atoms with van der Waals surface area (Å²) in [6.45, 7) is 3.75. The van der Waals surface area contributed by atoms with E-state index in [-0.39, 0.29) is 4.90 Å². The molecule has 1 aromatic carbocycles.